The van der Waals surface area contributed by atoms with E-state index in [0.29, 0.717) is 12.3 Å². The summed E-state index contributed by atoms with van der Waals surface area (Å²) >= 11 is 0. The predicted octanol–water partition coefficient (Wildman–Crippen LogP) is 6.24. The molecule has 192 valence electrons. The molecule has 0 bridgehead atoms. The summed E-state index contributed by atoms with van der Waals surface area (Å²) in [6.07, 6.45) is 10.6. The number of carbonyl (C=O) groups is 2. The lowest BCUT2D eigenvalue weighted by molar-refractivity contribution is 0.0690. The molecule has 5 rings (SSSR count). The number of hydrogen-bond donors (Lipinski definition) is 1. The van der Waals surface area contributed by atoms with E-state index >= 15 is 0 Å². The number of piperidine rings is 2. The Hall–Kier alpha value is -2.92. The number of likely N-dealkylation sites (tertiary alicyclic amines) is 1. The van der Waals surface area contributed by atoms with E-state index in [1.165, 1.54) is 37.9 Å². The van der Waals surface area contributed by atoms with Crippen LogP contribution in [0.15, 0.2) is 54.7 Å². The van der Waals surface area contributed by atoms with Gasteiger partial charge in [-0.1, -0.05) is 43.7 Å². The number of rotatable bonds is 5. The molecule has 0 atom stereocenters. The molecule has 2 aliphatic rings. The highest BCUT2D eigenvalue weighted by molar-refractivity contribution is 6.01. The number of benzene rings is 2. The van der Waals surface area contributed by atoms with Gasteiger partial charge >= 0.3 is 0 Å². The van der Waals surface area contributed by atoms with Crippen LogP contribution in [0.3, 0.4) is 0 Å². The van der Waals surface area contributed by atoms with E-state index in [4.69, 9.17) is 0 Å². The van der Waals surface area contributed by atoms with Crippen molar-refractivity contribution < 1.29 is 9.59 Å². The Morgan fingerprint density at radius 2 is 1.69 bits per heavy atom. The summed E-state index contributed by atoms with van der Waals surface area (Å²) in [7, 11) is 0. The Morgan fingerprint density at radius 3 is 2.31 bits per heavy atom. The number of hydrogen-bond acceptors (Lipinski definition) is 3. The molecule has 3 heterocycles. The highest BCUT2D eigenvalue weighted by Gasteiger charge is 2.25. The molecule has 0 unspecified atom stereocenters. The molecule has 0 aliphatic carbocycles. The lowest BCUT2D eigenvalue weighted by Gasteiger charge is -2.32. The number of fused-ring (bicyclic) bond motifs is 1. The first kappa shape index (κ1) is 26.2. The molecule has 2 aliphatic heterocycles. The Balaban J connectivity index is 0.000000445. The van der Waals surface area contributed by atoms with Gasteiger partial charge < -0.3 is 10.2 Å². The molecule has 2 fully saturated rings. The maximum absolute atomic E-state index is 13.2. The van der Waals surface area contributed by atoms with E-state index in [0.717, 1.165) is 60.8 Å². The van der Waals surface area contributed by atoms with Crippen molar-refractivity contribution in [2.75, 3.05) is 26.2 Å². The van der Waals surface area contributed by atoms with Crippen molar-refractivity contribution in [3.63, 3.8) is 0 Å². The summed E-state index contributed by atoms with van der Waals surface area (Å²) in [6.45, 7) is 8.10. The summed E-state index contributed by atoms with van der Waals surface area (Å²) in [5.41, 5.74) is 3.96. The van der Waals surface area contributed by atoms with Crippen molar-refractivity contribution in [1.82, 2.24) is 14.8 Å². The minimum atomic E-state index is 0.103. The van der Waals surface area contributed by atoms with Crippen molar-refractivity contribution in [2.45, 2.75) is 65.2 Å². The third-order valence-electron chi connectivity index (χ3n) is 7.48. The Bertz CT molecular complexity index is 1130. The van der Waals surface area contributed by atoms with Crippen LogP contribution in [0.25, 0.3) is 10.9 Å². The highest BCUT2D eigenvalue weighted by Crippen LogP contribution is 2.26. The van der Waals surface area contributed by atoms with Gasteiger partial charge in [-0.25, -0.2) is 0 Å². The number of carbonyl (C=O) groups excluding carboxylic acids is 2. The number of nitrogens with zero attached hydrogens (tertiary/aromatic N) is 2. The fraction of sp³-hybridized carbons (Fsp3) is 0.484. The third kappa shape index (κ3) is 6.64. The van der Waals surface area contributed by atoms with Crippen LogP contribution in [0.5, 0.6) is 0 Å². The highest BCUT2D eigenvalue weighted by atomic mass is 16.2. The van der Waals surface area contributed by atoms with Gasteiger partial charge in [0.1, 0.15) is 0 Å². The molecule has 1 N–H and O–H groups in total. The summed E-state index contributed by atoms with van der Waals surface area (Å²) in [5.74, 6) is 0.852. The first-order chi connectivity index (χ1) is 17.6. The topological polar surface area (TPSA) is 54.3 Å². The normalized spacial score (nSPS) is 16.4. The molecular formula is C31H41N3O2. The molecular weight excluding hydrogens is 446 g/mol. The van der Waals surface area contributed by atoms with Gasteiger partial charge in [-0.15, -0.1) is 0 Å². The van der Waals surface area contributed by atoms with Crippen LogP contribution >= 0.6 is 0 Å². The molecule has 0 saturated carbocycles. The second-order valence-electron chi connectivity index (χ2n) is 10.3. The van der Waals surface area contributed by atoms with E-state index in [1.54, 1.807) is 4.57 Å². The van der Waals surface area contributed by atoms with Gasteiger partial charge in [-0.3, -0.25) is 14.2 Å². The van der Waals surface area contributed by atoms with Crippen molar-refractivity contribution >= 4 is 22.7 Å². The molecule has 5 nitrogen and oxygen atoms in total. The second kappa shape index (κ2) is 12.9. The zero-order valence-corrected chi connectivity index (χ0v) is 22.0. The summed E-state index contributed by atoms with van der Waals surface area (Å²) in [5, 5.41) is 4.24. The zero-order chi connectivity index (χ0) is 25.3. The zero-order valence-electron chi connectivity index (χ0n) is 22.0. The van der Waals surface area contributed by atoms with Crippen molar-refractivity contribution in [3.8, 4) is 0 Å². The average molecular weight is 488 g/mol. The lowest BCUT2D eigenvalue weighted by atomic mass is 9.90. The first-order valence-electron chi connectivity index (χ1n) is 13.8. The fourth-order valence-electron chi connectivity index (χ4n) is 5.33. The molecule has 2 aromatic carbocycles. The standard InChI is InChI=1S/C26H30N2O2.C5H11N/c1-3-7-25(29)28-15-12-22-18-23(19(2)16-24(22)28)26(30)27-13-10-21(11-14-27)17-20-8-5-4-6-9-20;1-2-4-6-5-3-1/h4-6,8-9,12,15-16,18,21H,3,7,10-11,13-14,17H2,1-2H3;6H,1-5H2. The minimum absolute atomic E-state index is 0.103. The van der Waals surface area contributed by atoms with Gasteiger partial charge in [-0.2, -0.15) is 0 Å². The van der Waals surface area contributed by atoms with Crippen LogP contribution < -0.4 is 5.32 Å². The maximum Gasteiger partial charge on any atom is 0.254 e. The molecule has 1 amide bonds. The minimum Gasteiger partial charge on any atom is -0.339 e. The number of aryl methyl sites for hydroxylation is 1. The van der Waals surface area contributed by atoms with Gasteiger partial charge in [0.15, 0.2) is 0 Å². The van der Waals surface area contributed by atoms with Crippen LogP contribution in [0.1, 0.15) is 78.1 Å². The smallest absolute Gasteiger partial charge is 0.254 e. The summed E-state index contributed by atoms with van der Waals surface area (Å²) in [6, 6.07) is 16.5. The largest absolute Gasteiger partial charge is 0.339 e. The van der Waals surface area contributed by atoms with Gasteiger partial charge in [0, 0.05) is 36.7 Å². The van der Waals surface area contributed by atoms with Crippen molar-refractivity contribution in [1.29, 1.82) is 0 Å². The van der Waals surface area contributed by atoms with Gasteiger partial charge in [-0.05, 0) is 93.8 Å². The molecule has 0 spiro atoms. The van der Waals surface area contributed by atoms with Crippen molar-refractivity contribution in [3.05, 3.63) is 71.4 Å². The lowest BCUT2D eigenvalue weighted by Crippen LogP contribution is -2.39. The molecule has 3 aromatic rings. The Labute approximate surface area is 215 Å². The van der Waals surface area contributed by atoms with Gasteiger partial charge in [0.05, 0.1) is 5.52 Å². The maximum atomic E-state index is 13.2. The van der Waals surface area contributed by atoms with Crippen LogP contribution in [-0.4, -0.2) is 47.5 Å². The van der Waals surface area contributed by atoms with E-state index in [-0.39, 0.29) is 11.8 Å². The van der Waals surface area contributed by atoms with E-state index < -0.39 is 0 Å². The quantitative estimate of drug-likeness (QED) is 0.463. The summed E-state index contributed by atoms with van der Waals surface area (Å²) in [4.78, 5) is 27.6. The first-order valence-corrected chi connectivity index (χ1v) is 13.8. The fourth-order valence-corrected chi connectivity index (χ4v) is 5.33. The number of nitrogens with one attached hydrogen (secondary N) is 1. The SMILES string of the molecule is C1CCNCC1.CCCC(=O)n1ccc2cc(C(=O)N3CCC(Cc4ccccc4)CC3)c(C)cc21. The summed E-state index contributed by atoms with van der Waals surface area (Å²) < 4.78 is 1.72. The van der Waals surface area contributed by atoms with Crippen LogP contribution in [0.2, 0.25) is 0 Å². The monoisotopic (exact) mass is 487 g/mol. The van der Waals surface area contributed by atoms with E-state index in [2.05, 4.69) is 35.6 Å². The van der Waals surface area contributed by atoms with E-state index in [1.807, 2.05) is 43.1 Å². The van der Waals surface area contributed by atoms with Gasteiger partial charge in [0.25, 0.3) is 5.91 Å². The van der Waals surface area contributed by atoms with E-state index in [9.17, 15) is 9.59 Å². The Morgan fingerprint density at radius 1 is 0.972 bits per heavy atom. The second-order valence-corrected chi connectivity index (χ2v) is 10.3. The molecule has 5 heteroatoms. The molecule has 1 aromatic heterocycles. The number of amides is 1. The van der Waals surface area contributed by atoms with Crippen LogP contribution in [0, 0.1) is 12.8 Å². The predicted molar refractivity (Wildman–Crippen MR) is 148 cm³/mol. The number of aromatic nitrogens is 1. The van der Waals surface area contributed by atoms with Crippen LogP contribution in [-0.2, 0) is 6.42 Å². The van der Waals surface area contributed by atoms with Gasteiger partial charge in [0.2, 0.25) is 5.91 Å². The average Bonchev–Trinajstić information content (AvgIpc) is 3.33. The van der Waals surface area contributed by atoms with Crippen LogP contribution in [0.4, 0.5) is 0 Å². The Kier molecular flexibility index (Phi) is 9.35. The third-order valence-corrected chi connectivity index (χ3v) is 7.48. The molecule has 36 heavy (non-hydrogen) atoms. The molecule has 0 radical (unpaired) electrons. The molecule has 2 saturated heterocycles. The van der Waals surface area contributed by atoms with Crippen molar-refractivity contribution in [2.24, 2.45) is 5.92 Å².